The molecule has 2 N–H and O–H groups in total. The van der Waals surface area contributed by atoms with Crippen molar-refractivity contribution in [1.82, 2.24) is 30.0 Å². The van der Waals surface area contributed by atoms with Crippen LogP contribution in [0, 0.1) is 5.82 Å². The van der Waals surface area contributed by atoms with Gasteiger partial charge in [0, 0.05) is 55.3 Å². The smallest absolute Gasteiger partial charge is 0.245 e. The summed E-state index contributed by atoms with van der Waals surface area (Å²) in [7, 11) is 0. The number of carbonyl (C=O) groups is 3. The summed E-state index contributed by atoms with van der Waals surface area (Å²) in [5.74, 6) is -1.45. The molecular weight excluding hydrogens is 676 g/mol. The van der Waals surface area contributed by atoms with E-state index in [0.29, 0.717) is 16.9 Å². The number of anilines is 1. The number of amides is 2. The topological polar surface area (TPSA) is 122 Å². The minimum atomic E-state index is -1.41. The molecule has 8 bridgehead atoms. The van der Waals surface area contributed by atoms with Gasteiger partial charge in [0.2, 0.25) is 17.8 Å². The van der Waals surface area contributed by atoms with Crippen LogP contribution < -0.4 is 10.6 Å². The molecule has 4 aliphatic rings. The van der Waals surface area contributed by atoms with Crippen molar-refractivity contribution in [3.63, 3.8) is 0 Å². The number of aryl methyl sites for hydroxylation is 1. The van der Waals surface area contributed by atoms with Crippen molar-refractivity contribution in [1.29, 1.82) is 0 Å². The molecular formula is C38H44ClF2N7O3. The SMILES string of the molecule is CC(=O)c1nn2c3ccc(cc13)-c1cnc(nc1)NCCCCCCCCCCCc1cc(Cl)c(F)c(c1)CNC(=O)[C@@H]1C[C@@H](F)CN1C(=O)C2. The zero-order chi connectivity index (χ0) is 35.9. The fraction of sp³-hybridized carbons (Fsp3) is 0.474. The first-order valence-electron chi connectivity index (χ1n) is 17.9. The van der Waals surface area contributed by atoms with Crippen LogP contribution in [0.2, 0.25) is 5.02 Å². The molecule has 0 spiro atoms. The van der Waals surface area contributed by atoms with E-state index in [4.69, 9.17) is 11.6 Å². The van der Waals surface area contributed by atoms with Gasteiger partial charge >= 0.3 is 0 Å². The van der Waals surface area contributed by atoms with E-state index in [1.807, 2.05) is 12.1 Å². The molecule has 0 aliphatic carbocycles. The van der Waals surface area contributed by atoms with Crippen LogP contribution in [0.15, 0.2) is 42.7 Å². The van der Waals surface area contributed by atoms with Crippen molar-refractivity contribution in [3.8, 4) is 11.1 Å². The molecule has 2 aromatic heterocycles. The van der Waals surface area contributed by atoms with E-state index in [1.165, 1.54) is 42.2 Å². The Hall–Kier alpha value is -4.45. The van der Waals surface area contributed by atoms with Gasteiger partial charge in [-0.05, 0) is 48.6 Å². The molecule has 8 rings (SSSR count). The van der Waals surface area contributed by atoms with Crippen molar-refractivity contribution in [2.24, 2.45) is 0 Å². The Balaban J connectivity index is 1.24. The second kappa shape index (κ2) is 16.7. The maximum Gasteiger partial charge on any atom is 0.245 e. The van der Waals surface area contributed by atoms with Gasteiger partial charge in [0.05, 0.1) is 17.1 Å². The second-order valence-corrected chi connectivity index (χ2v) is 14.0. The summed E-state index contributed by atoms with van der Waals surface area (Å²) >= 11 is 6.24. The van der Waals surface area contributed by atoms with Gasteiger partial charge in [0.25, 0.3) is 0 Å². The van der Waals surface area contributed by atoms with Crippen LogP contribution in [0.1, 0.15) is 92.7 Å². The monoisotopic (exact) mass is 719 g/mol. The van der Waals surface area contributed by atoms with E-state index < -0.39 is 29.8 Å². The number of aromatic nitrogens is 4. The van der Waals surface area contributed by atoms with Crippen LogP contribution in [-0.2, 0) is 29.1 Å². The van der Waals surface area contributed by atoms with E-state index in [-0.39, 0.29) is 48.1 Å². The third kappa shape index (κ3) is 8.90. The molecule has 51 heavy (non-hydrogen) atoms. The first-order chi connectivity index (χ1) is 24.7. The highest BCUT2D eigenvalue weighted by Crippen LogP contribution is 2.29. The molecule has 13 heteroatoms. The predicted octanol–water partition coefficient (Wildman–Crippen LogP) is 7.22. The van der Waals surface area contributed by atoms with E-state index >= 15 is 4.39 Å². The van der Waals surface area contributed by atoms with Gasteiger partial charge in [-0.25, -0.2) is 18.7 Å². The van der Waals surface area contributed by atoms with Crippen molar-refractivity contribution < 1.29 is 23.2 Å². The number of benzene rings is 2. The summed E-state index contributed by atoms with van der Waals surface area (Å²) in [6, 6.07) is 7.68. The quantitative estimate of drug-likeness (QED) is 0.199. The molecule has 270 valence electrons. The average molecular weight is 720 g/mol. The lowest BCUT2D eigenvalue weighted by Gasteiger charge is -2.24. The maximum atomic E-state index is 15.0. The van der Waals surface area contributed by atoms with Gasteiger partial charge in [-0.15, -0.1) is 0 Å². The lowest BCUT2D eigenvalue weighted by Crippen LogP contribution is -2.46. The number of hydrogen-bond acceptors (Lipinski definition) is 7. The Morgan fingerprint density at radius 2 is 1.63 bits per heavy atom. The van der Waals surface area contributed by atoms with E-state index in [1.54, 1.807) is 30.6 Å². The van der Waals surface area contributed by atoms with E-state index in [0.717, 1.165) is 61.8 Å². The zero-order valence-corrected chi connectivity index (χ0v) is 29.7. The summed E-state index contributed by atoms with van der Waals surface area (Å²) < 4.78 is 31.2. The van der Waals surface area contributed by atoms with Crippen molar-refractivity contribution >= 4 is 46.0 Å². The average Bonchev–Trinajstić information content (AvgIpc) is 3.69. The molecule has 0 radical (unpaired) electrons. The molecule has 1 fully saturated rings. The first-order valence-corrected chi connectivity index (χ1v) is 18.3. The maximum absolute atomic E-state index is 15.0. The molecule has 10 nitrogen and oxygen atoms in total. The second-order valence-electron chi connectivity index (χ2n) is 13.6. The Kier molecular flexibility index (Phi) is 11.9. The Labute approximate surface area is 301 Å². The number of nitrogens with one attached hydrogen (secondary N) is 2. The number of nitrogens with zero attached hydrogens (tertiary/aromatic N) is 5. The van der Waals surface area contributed by atoms with E-state index in [9.17, 15) is 18.8 Å². The summed E-state index contributed by atoms with van der Waals surface area (Å²) in [6.07, 6.45) is 12.6. The summed E-state index contributed by atoms with van der Waals surface area (Å²) in [6.45, 7) is 1.47. The third-order valence-corrected chi connectivity index (χ3v) is 10.0. The fourth-order valence-corrected chi connectivity index (χ4v) is 7.27. The molecule has 2 aromatic carbocycles. The number of hydrogen-bond donors (Lipinski definition) is 2. The lowest BCUT2D eigenvalue weighted by atomic mass is 10.0. The first kappa shape index (κ1) is 36.3. The molecule has 2 amide bonds. The van der Waals surface area contributed by atoms with Crippen LogP contribution in [0.25, 0.3) is 22.0 Å². The number of alkyl halides is 1. The van der Waals surface area contributed by atoms with Gasteiger partial charge in [-0.3, -0.25) is 19.1 Å². The van der Waals surface area contributed by atoms with Crippen molar-refractivity contribution in [2.75, 3.05) is 18.4 Å². The lowest BCUT2D eigenvalue weighted by molar-refractivity contribution is -0.139. The summed E-state index contributed by atoms with van der Waals surface area (Å²) in [5, 5.41) is 11.0. The third-order valence-electron chi connectivity index (χ3n) is 9.77. The fourth-order valence-electron chi connectivity index (χ4n) is 7.01. The van der Waals surface area contributed by atoms with Gasteiger partial charge in [0.15, 0.2) is 5.78 Å². The molecule has 6 heterocycles. The van der Waals surface area contributed by atoms with Crippen LogP contribution in [0.5, 0.6) is 0 Å². The molecule has 0 unspecified atom stereocenters. The summed E-state index contributed by atoms with van der Waals surface area (Å²) in [5.41, 5.74) is 3.39. The van der Waals surface area contributed by atoms with Crippen LogP contribution in [-0.4, -0.2) is 67.5 Å². The van der Waals surface area contributed by atoms with Gasteiger partial charge in [-0.2, -0.15) is 5.10 Å². The number of carbonyl (C=O) groups excluding carboxylic acids is 3. The number of ketones is 1. The van der Waals surface area contributed by atoms with Crippen LogP contribution in [0.3, 0.4) is 0 Å². The number of Topliss-reactive ketones (excluding diaryl/α,β-unsaturated/α-hetero) is 1. The number of rotatable bonds is 1. The minimum absolute atomic E-state index is 0.0107. The van der Waals surface area contributed by atoms with Crippen LogP contribution >= 0.6 is 11.6 Å². The molecule has 2 atom stereocenters. The Bertz CT molecular complexity index is 1880. The molecule has 4 aromatic rings. The van der Waals surface area contributed by atoms with Crippen molar-refractivity contribution in [2.45, 2.75) is 103 Å². The minimum Gasteiger partial charge on any atom is -0.354 e. The number of halogens is 3. The van der Waals surface area contributed by atoms with Gasteiger partial charge in [0.1, 0.15) is 30.3 Å². The predicted molar refractivity (Wildman–Crippen MR) is 193 cm³/mol. The molecule has 1 saturated heterocycles. The van der Waals surface area contributed by atoms with Gasteiger partial charge in [-0.1, -0.05) is 68.7 Å². The van der Waals surface area contributed by atoms with Gasteiger partial charge < -0.3 is 15.5 Å². The van der Waals surface area contributed by atoms with Crippen LogP contribution in [0.4, 0.5) is 14.7 Å². The highest BCUT2D eigenvalue weighted by Gasteiger charge is 2.40. The van der Waals surface area contributed by atoms with Crippen molar-refractivity contribution in [3.05, 3.63) is 70.4 Å². The van der Waals surface area contributed by atoms with E-state index in [2.05, 4.69) is 25.7 Å². The summed E-state index contributed by atoms with van der Waals surface area (Å²) in [4.78, 5) is 49.8. The highest BCUT2D eigenvalue weighted by molar-refractivity contribution is 6.30. The molecule has 0 saturated carbocycles. The number of fused-ring (bicyclic) bond motifs is 1. The Morgan fingerprint density at radius 1 is 0.922 bits per heavy atom. The molecule has 4 aliphatic heterocycles. The Morgan fingerprint density at radius 3 is 2.35 bits per heavy atom. The normalized spacial score (nSPS) is 20.2. The highest BCUT2D eigenvalue weighted by atomic mass is 35.5. The zero-order valence-electron chi connectivity index (χ0n) is 28.9. The largest absolute Gasteiger partial charge is 0.354 e. The standard InChI is InChI=1S/C38H44ClF2N7O3/c1-24(49)36-30-17-26-12-13-32(30)48(46-36)23-34(50)47-22-29(40)18-33(47)37(51)43-19-27-15-25(16-31(39)35(27)41)11-9-7-5-3-2-4-6-8-10-14-42-38-44-20-28(26)21-45-38/h12-13,15-17,20-21,29,33H,2-11,14,18-19,22-23H2,1H3,(H,43,51)(H,42,44,45)/t29-,33+/m1/s1.